The van der Waals surface area contributed by atoms with Gasteiger partial charge in [0.05, 0.1) is 0 Å². The molecule has 0 aromatic heterocycles. The van der Waals surface area contributed by atoms with Crippen molar-refractivity contribution in [1.82, 2.24) is 4.81 Å². The fraction of sp³-hybridized carbons (Fsp3) is 0.571. The van der Waals surface area contributed by atoms with Crippen LogP contribution < -0.4 is 0 Å². The molecular formula is C14H22BNO3. The van der Waals surface area contributed by atoms with E-state index in [1.54, 1.807) is 0 Å². The lowest BCUT2D eigenvalue weighted by Crippen LogP contribution is -2.58. The molecule has 1 fully saturated rings. The van der Waals surface area contributed by atoms with E-state index in [0.29, 0.717) is 26.3 Å². The average Bonchev–Trinajstić information content (AvgIpc) is 2.37. The quantitative estimate of drug-likeness (QED) is 0.609. The molecule has 1 aliphatic rings. The number of benzene rings is 1. The highest BCUT2D eigenvalue weighted by molar-refractivity contribution is 6.05. The highest BCUT2D eigenvalue weighted by atomic mass is 16.7. The molecule has 1 aromatic rings. The van der Waals surface area contributed by atoms with Crippen LogP contribution in [0, 0.1) is 0 Å². The number of hydrogen-bond donors (Lipinski definition) is 1. The van der Waals surface area contributed by atoms with Crippen LogP contribution in [0.25, 0.3) is 0 Å². The van der Waals surface area contributed by atoms with Gasteiger partial charge in [0, 0.05) is 31.9 Å². The summed E-state index contributed by atoms with van der Waals surface area (Å²) in [6.45, 7) is 6.50. The van der Waals surface area contributed by atoms with E-state index in [2.05, 4.69) is 4.81 Å². The highest BCUT2D eigenvalue weighted by Crippen LogP contribution is 2.31. The van der Waals surface area contributed by atoms with Crippen LogP contribution in [0.4, 0.5) is 0 Å². The topological polar surface area (TPSA) is 41.9 Å². The molecule has 104 valence electrons. The van der Waals surface area contributed by atoms with Gasteiger partial charge in [0.2, 0.25) is 0 Å². The molecule has 0 amide bonds. The first-order chi connectivity index (χ1) is 9.09. The minimum atomic E-state index is -0.694. The molecule has 1 aliphatic heterocycles. The molecular weight excluding hydrogens is 241 g/mol. The zero-order valence-corrected chi connectivity index (χ0v) is 11.9. The van der Waals surface area contributed by atoms with Crippen molar-refractivity contribution < 1.29 is 14.6 Å². The highest BCUT2D eigenvalue weighted by Gasteiger charge is 2.39. The monoisotopic (exact) mass is 263 g/mol. The summed E-state index contributed by atoms with van der Waals surface area (Å²) in [6.07, 6.45) is -0.317. The summed E-state index contributed by atoms with van der Waals surface area (Å²) in [7, 11) is 2.00. The van der Waals surface area contributed by atoms with Crippen LogP contribution >= 0.6 is 0 Å². The minimum Gasteiger partial charge on any atom is -0.383 e. The fourth-order valence-electron chi connectivity index (χ4n) is 2.52. The summed E-state index contributed by atoms with van der Waals surface area (Å²) in [5.74, 6) is 0. The summed E-state index contributed by atoms with van der Waals surface area (Å²) < 4.78 is 11.1. The molecule has 2 rings (SSSR count). The second-order valence-corrected chi connectivity index (χ2v) is 5.07. The van der Waals surface area contributed by atoms with Crippen molar-refractivity contribution in [2.75, 3.05) is 26.3 Å². The molecule has 0 atom stereocenters. The SMILES string of the molecule is BN1CC(O)(c2ccc(C(OCC)OCC)cc2)C1. The van der Waals surface area contributed by atoms with Crippen molar-refractivity contribution in [3.05, 3.63) is 35.4 Å². The van der Waals surface area contributed by atoms with Gasteiger partial charge in [-0.25, -0.2) is 0 Å². The molecule has 1 aromatic carbocycles. The van der Waals surface area contributed by atoms with E-state index in [1.165, 1.54) is 0 Å². The standard InChI is InChI=1S/C14H22BNO3/c1-3-18-13(19-4-2)11-5-7-12(8-6-11)14(17)9-16(15)10-14/h5-8,13,17H,3-4,9-10,15H2,1-2H3. The largest absolute Gasteiger partial charge is 0.383 e. The first kappa shape index (κ1) is 14.5. The zero-order chi connectivity index (χ0) is 13.9. The molecule has 4 nitrogen and oxygen atoms in total. The zero-order valence-electron chi connectivity index (χ0n) is 11.9. The third kappa shape index (κ3) is 3.18. The van der Waals surface area contributed by atoms with Crippen LogP contribution in [-0.4, -0.2) is 44.2 Å². The Morgan fingerprint density at radius 3 is 2.16 bits per heavy atom. The molecule has 0 unspecified atom stereocenters. The molecule has 0 aliphatic carbocycles. The van der Waals surface area contributed by atoms with Crippen LogP contribution in [0.3, 0.4) is 0 Å². The Morgan fingerprint density at radius 1 is 1.21 bits per heavy atom. The normalized spacial score (nSPS) is 18.5. The van der Waals surface area contributed by atoms with Gasteiger partial charge < -0.3 is 19.4 Å². The summed E-state index contributed by atoms with van der Waals surface area (Å²) in [4.78, 5) is 2.09. The van der Waals surface area contributed by atoms with E-state index in [0.717, 1.165) is 11.1 Å². The Bertz CT molecular complexity index is 398. The van der Waals surface area contributed by atoms with Gasteiger partial charge in [-0.1, -0.05) is 24.3 Å². The lowest BCUT2D eigenvalue weighted by atomic mass is 9.83. The van der Waals surface area contributed by atoms with E-state index >= 15 is 0 Å². The van der Waals surface area contributed by atoms with Gasteiger partial charge in [-0.3, -0.25) is 0 Å². The summed E-state index contributed by atoms with van der Waals surface area (Å²) in [5.41, 5.74) is 1.25. The van der Waals surface area contributed by atoms with Crippen molar-refractivity contribution in [3.8, 4) is 0 Å². The Kier molecular flexibility index (Phi) is 4.63. The Morgan fingerprint density at radius 2 is 1.74 bits per heavy atom. The number of ether oxygens (including phenoxy) is 2. The summed E-state index contributed by atoms with van der Waals surface area (Å²) in [6, 6.07) is 7.88. The first-order valence-electron chi connectivity index (χ1n) is 6.83. The van der Waals surface area contributed by atoms with Crippen molar-refractivity contribution in [2.45, 2.75) is 25.7 Å². The van der Waals surface area contributed by atoms with Crippen molar-refractivity contribution >= 4 is 7.98 Å². The lowest BCUT2D eigenvalue weighted by Gasteiger charge is -2.45. The molecule has 0 bridgehead atoms. The summed E-state index contributed by atoms with van der Waals surface area (Å²) in [5, 5.41) is 10.4. The van der Waals surface area contributed by atoms with Gasteiger partial charge in [-0.2, -0.15) is 0 Å². The molecule has 1 heterocycles. The second-order valence-electron chi connectivity index (χ2n) is 5.07. The Hall–Kier alpha value is -0.875. The third-order valence-electron chi connectivity index (χ3n) is 3.42. The maximum atomic E-state index is 10.4. The van der Waals surface area contributed by atoms with Crippen LogP contribution in [0.1, 0.15) is 31.3 Å². The number of nitrogens with zero attached hydrogens (tertiary/aromatic N) is 1. The van der Waals surface area contributed by atoms with Crippen LogP contribution in [0.2, 0.25) is 0 Å². The van der Waals surface area contributed by atoms with E-state index in [4.69, 9.17) is 9.47 Å². The number of hydrogen-bond acceptors (Lipinski definition) is 4. The molecule has 1 saturated heterocycles. The molecule has 19 heavy (non-hydrogen) atoms. The van der Waals surface area contributed by atoms with Crippen LogP contribution in [0.5, 0.6) is 0 Å². The van der Waals surface area contributed by atoms with Gasteiger partial charge >= 0.3 is 0 Å². The second kappa shape index (κ2) is 6.05. The van der Waals surface area contributed by atoms with Crippen LogP contribution in [0.15, 0.2) is 24.3 Å². The molecule has 1 N–H and O–H groups in total. The third-order valence-corrected chi connectivity index (χ3v) is 3.42. The van der Waals surface area contributed by atoms with E-state index < -0.39 is 5.60 Å². The number of aliphatic hydroxyl groups is 1. The average molecular weight is 263 g/mol. The molecule has 0 saturated carbocycles. The van der Waals surface area contributed by atoms with Crippen molar-refractivity contribution in [3.63, 3.8) is 0 Å². The number of β-amino-alcohol motifs (C(OH)–C–C–N with tert-alkyl or cyclic N) is 1. The molecule has 5 heteroatoms. The number of rotatable bonds is 6. The predicted molar refractivity (Wildman–Crippen MR) is 76.4 cm³/mol. The maximum absolute atomic E-state index is 10.4. The van der Waals surface area contributed by atoms with Gasteiger partial charge in [0.15, 0.2) is 14.3 Å². The molecule has 0 spiro atoms. The first-order valence-corrected chi connectivity index (χ1v) is 6.83. The van der Waals surface area contributed by atoms with Gasteiger partial charge in [0.1, 0.15) is 5.60 Å². The Balaban J connectivity index is 2.09. The van der Waals surface area contributed by atoms with Gasteiger partial charge in [-0.05, 0) is 19.4 Å². The van der Waals surface area contributed by atoms with E-state index in [-0.39, 0.29) is 6.29 Å². The molecule has 0 radical (unpaired) electrons. The van der Waals surface area contributed by atoms with Gasteiger partial charge in [0.25, 0.3) is 0 Å². The van der Waals surface area contributed by atoms with E-state index in [1.807, 2.05) is 46.1 Å². The lowest BCUT2D eigenvalue weighted by molar-refractivity contribution is -0.140. The Labute approximate surface area is 115 Å². The fourth-order valence-corrected chi connectivity index (χ4v) is 2.52. The van der Waals surface area contributed by atoms with E-state index in [9.17, 15) is 5.11 Å². The smallest absolute Gasteiger partial charge is 0.185 e. The maximum Gasteiger partial charge on any atom is 0.185 e. The summed E-state index contributed by atoms with van der Waals surface area (Å²) >= 11 is 0. The minimum absolute atomic E-state index is 0.317. The van der Waals surface area contributed by atoms with Crippen LogP contribution in [-0.2, 0) is 15.1 Å². The van der Waals surface area contributed by atoms with Gasteiger partial charge in [-0.15, -0.1) is 0 Å². The predicted octanol–water partition coefficient (Wildman–Crippen LogP) is 0.809. The van der Waals surface area contributed by atoms with Crippen molar-refractivity contribution in [2.24, 2.45) is 0 Å². The van der Waals surface area contributed by atoms with Crippen molar-refractivity contribution in [1.29, 1.82) is 0 Å².